The molecule has 1 aromatic heterocycles. The standard InChI is InChI=1S/C11H13FN2O5S/c12-8-9-6(3-16-4-17-5-18-9)19-10(8)14-2-1-7(15)13-11(14)20/h1-2,6,8-10H,3-5H2,(H,13,15,20)/t6-,8?,9+,10-/m1/s1. The van der Waals surface area contributed by atoms with E-state index >= 15 is 0 Å². The van der Waals surface area contributed by atoms with E-state index in [1.807, 2.05) is 0 Å². The molecular weight excluding hydrogens is 291 g/mol. The Morgan fingerprint density at radius 3 is 3.05 bits per heavy atom. The van der Waals surface area contributed by atoms with Gasteiger partial charge < -0.3 is 18.9 Å². The normalized spacial score (nSPS) is 34.2. The van der Waals surface area contributed by atoms with Gasteiger partial charge in [-0.15, -0.1) is 0 Å². The molecule has 7 nitrogen and oxygen atoms in total. The van der Waals surface area contributed by atoms with Crippen molar-refractivity contribution in [2.45, 2.75) is 24.6 Å². The van der Waals surface area contributed by atoms with E-state index in [9.17, 15) is 9.18 Å². The van der Waals surface area contributed by atoms with Gasteiger partial charge in [-0.3, -0.25) is 14.3 Å². The van der Waals surface area contributed by atoms with Crippen LogP contribution in [0.2, 0.25) is 0 Å². The summed E-state index contributed by atoms with van der Waals surface area (Å²) in [5.74, 6) is 0. The molecule has 3 rings (SSSR count). The number of rotatable bonds is 1. The summed E-state index contributed by atoms with van der Waals surface area (Å²) < 4.78 is 37.0. The minimum absolute atomic E-state index is 0.0608. The summed E-state index contributed by atoms with van der Waals surface area (Å²) in [7, 11) is 0. The first-order chi connectivity index (χ1) is 9.66. The summed E-state index contributed by atoms with van der Waals surface area (Å²) in [5, 5.41) is 0. The first kappa shape index (κ1) is 13.8. The van der Waals surface area contributed by atoms with E-state index in [4.69, 9.17) is 31.2 Å². The van der Waals surface area contributed by atoms with Crippen LogP contribution in [-0.2, 0) is 18.9 Å². The van der Waals surface area contributed by atoms with Gasteiger partial charge in [0.05, 0.1) is 6.61 Å². The fourth-order valence-electron chi connectivity index (χ4n) is 2.26. The Morgan fingerprint density at radius 2 is 2.25 bits per heavy atom. The lowest BCUT2D eigenvalue weighted by atomic mass is 10.1. The van der Waals surface area contributed by atoms with Crippen LogP contribution in [0.1, 0.15) is 6.23 Å². The fraction of sp³-hybridized carbons (Fsp3) is 0.636. The Bertz CT molecular complexity index is 591. The number of H-pyrrole nitrogens is 1. The van der Waals surface area contributed by atoms with Crippen molar-refractivity contribution in [3.05, 3.63) is 27.4 Å². The van der Waals surface area contributed by atoms with E-state index < -0.39 is 24.6 Å². The van der Waals surface area contributed by atoms with E-state index in [0.717, 1.165) is 0 Å². The molecule has 2 aliphatic rings. The quantitative estimate of drug-likeness (QED) is 0.761. The Hall–Kier alpha value is -1.13. The van der Waals surface area contributed by atoms with Gasteiger partial charge in [0.15, 0.2) is 17.2 Å². The third kappa shape index (κ3) is 2.54. The number of alkyl halides is 1. The first-order valence-corrected chi connectivity index (χ1v) is 6.46. The molecule has 0 saturated carbocycles. The zero-order valence-electron chi connectivity index (χ0n) is 10.4. The third-order valence-corrected chi connectivity index (χ3v) is 3.50. The highest BCUT2D eigenvalue weighted by Gasteiger charge is 2.47. The van der Waals surface area contributed by atoms with Crippen LogP contribution in [0.3, 0.4) is 0 Å². The topological polar surface area (TPSA) is 74.7 Å². The van der Waals surface area contributed by atoms with Crippen LogP contribution >= 0.6 is 12.2 Å². The number of hydrogen-bond donors (Lipinski definition) is 1. The number of hydrogen-bond acceptors (Lipinski definition) is 6. The highest BCUT2D eigenvalue weighted by atomic mass is 32.1. The molecule has 0 amide bonds. The van der Waals surface area contributed by atoms with Crippen LogP contribution < -0.4 is 5.56 Å². The lowest BCUT2D eigenvalue weighted by Gasteiger charge is -2.22. The van der Waals surface area contributed by atoms with E-state index in [-0.39, 0.29) is 30.5 Å². The number of nitrogens with one attached hydrogen (secondary N) is 1. The monoisotopic (exact) mass is 304 g/mol. The van der Waals surface area contributed by atoms with Crippen molar-refractivity contribution in [3.63, 3.8) is 0 Å². The predicted molar refractivity (Wildman–Crippen MR) is 66.3 cm³/mol. The van der Waals surface area contributed by atoms with Crippen molar-refractivity contribution in [1.82, 2.24) is 9.55 Å². The smallest absolute Gasteiger partial charge is 0.251 e. The van der Waals surface area contributed by atoms with Crippen molar-refractivity contribution in [2.75, 3.05) is 20.2 Å². The van der Waals surface area contributed by atoms with Gasteiger partial charge in [0.1, 0.15) is 25.8 Å². The van der Waals surface area contributed by atoms with Gasteiger partial charge in [-0.05, 0) is 12.2 Å². The molecule has 2 fully saturated rings. The Balaban J connectivity index is 1.87. The van der Waals surface area contributed by atoms with E-state index in [0.29, 0.717) is 0 Å². The van der Waals surface area contributed by atoms with E-state index in [1.165, 1.54) is 16.8 Å². The van der Waals surface area contributed by atoms with Gasteiger partial charge in [0.25, 0.3) is 5.56 Å². The van der Waals surface area contributed by atoms with Crippen molar-refractivity contribution in [2.24, 2.45) is 0 Å². The molecule has 0 aliphatic carbocycles. The van der Waals surface area contributed by atoms with Gasteiger partial charge in [0, 0.05) is 12.3 Å². The summed E-state index contributed by atoms with van der Waals surface area (Å²) in [6.45, 7) is 0.180. The maximum Gasteiger partial charge on any atom is 0.251 e. The lowest BCUT2D eigenvalue weighted by Crippen LogP contribution is -2.37. The number of nitrogens with zero attached hydrogens (tertiary/aromatic N) is 1. The second-order valence-corrected chi connectivity index (χ2v) is 4.86. The molecule has 9 heteroatoms. The SMILES string of the molecule is O=c1ccn([C@@H]2O[C@@H]3COCOCO[C@@H]3C2F)c(=S)[nH]1. The molecule has 4 atom stereocenters. The molecule has 2 saturated heterocycles. The lowest BCUT2D eigenvalue weighted by molar-refractivity contribution is -0.203. The van der Waals surface area contributed by atoms with E-state index in [2.05, 4.69) is 4.98 Å². The average molecular weight is 304 g/mol. The minimum atomic E-state index is -1.44. The molecule has 0 spiro atoms. The Kier molecular flexibility index (Phi) is 3.94. The number of aromatic nitrogens is 2. The second kappa shape index (κ2) is 5.70. The third-order valence-electron chi connectivity index (χ3n) is 3.18. The van der Waals surface area contributed by atoms with Crippen molar-refractivity contribution < 1.29 is 23.3 Å². The molecule has 3 heterocycles. The van der Waals surface area contributed by atoms with Crippen LogP contribution in [0, 0.1) is 4.77 Å². The average Bonchev–Trinajstić information content (AvgIpc) is 2.66. The number of fused-ring (bicyclic) bond motifs is 1. The molecule has 2 aliphatic heterocycles. The zero-order valence-corrected chi connectivity index (χ0v) is 11.2. The molecule has 1 aromatic rings. The number of ether oxygens (including phenoxy) is 4. The second-order valence-electron chi connectivity index (χ2n) is 4.47. The van der Waals surface area contributed by atoms with Crippen LogP contribution in [0.5, 0.6) is 0 Å². The van der Waals surface area contributed by atoms with Gasteiger partial charge in [-0.25, -0.2) is 4.39 Å². The van der Waals surface area contributed by atoms with Crippen molar-refractivity contribution >= 4 is 12.2 Å². The Labute approximate surface area is 118 Å². The van der Waals surface area contributed by atoms with Gasteiger partial charge in [0.2, 0.25) is 0 Å². The molecule has 1 unspecified atom stereocenters. The molecule has 0 radical (unpaired) electrons. The number of halogens is 1. The van der Waals surface area contributed by atoms with Crippen LogP contribution in [0.15, 0.2) is 17.1 Å². The fourth-order valence-corrected chi connectivity index (χ4v) is 2.53. The summed E-state index contributed by atoms with van der Waals surface area (Å²) in [4.78, 5) is 13.6. The summed E-state index contributed by atoms with van der Waals surface area (Å²) in [5.41, 5.74) is -0.348. The van der Waals surface area contributed by atoms with E-state index in [1.54, 1.807) is 0 Å². The first-order valence-electron chi connectivity index (χ1n) is 6.05. The molecule has 20 heavy (non-hydrogen) atoms. The zero-order chi connectivity index (χ0) is 14.1. The summed E-state index contributed by atoms with van der Waals surface area (Å²) in [6, 6.07) is 1.26. The molecule has 0 aromatic carbocycles. The van der Waals surface area contributed by atoms with Gasteiger partial charge in [-0.2, -0.15) is 0 Å². The molecular formula is C11H13FN2O5S. The Morgan fingerprint density at radius 1 is 1.40 bits per heavy atom. The molecule has 110 valence electrons. The van der Waals surface area contributed by atoms with Crippen molar-refractivity contribution in [1.29, 1.82) is 0 Å². The van der Waals surface area contributed by atoms with Crippen LogP contribution in [-0.4, -0.2) is 48.1 Å². The maximum atomic E-state index is 14.5. The highest BCUT2D eigenvalue weighted by molar-refractivity contribution is 7.71. The molecule has 1 N–H and O–H groups in total. The minimum Gasteiger partial charge on any atom is -0.353 e. The summed E-state index contributed by atoms with van der Waals surface area (Å²) in [6.07, 6.45) is -2.35. The predicted octanol–water partition coefficient (Wildman–Crippen LogP) is 0.488. The largest absolute Gasteiger partial charge is 0.353 e. The number of aromatic amines is 1. The summed E-state index contributed by atoms with van der Waals surface area (Å²) >= 11 is 5.01. The van der Waals surface area contributed by atoms with Crippen molar-refractivity contribution in [3.8, 4) is 0 Å². The van der Waals surface area contributed by atoms with Crippen LogP contribution in [0.25, 0.3) is 0 Å². The highest BCUT2D eigenvalue weighted by Crippen LogP contribution is 2.34. The van der Waals surface area contributed by atoms with Crippen LogP contribution in [0.4, 0.5) is 4.39 Å². The molecule has 0 bridgehead atoms. The maximum absolute atomic E-state index is 14.5. The van der Waals surface area contributed by atoms with Gasteiger partial charge in [-0.1, -0.05) is 0 Å². The van der Waals surface area contributed by atoms with Gasteiger partial charge >= 0.3 is 0 Å².